The first-order valence-electron chi connectivity index (χ1n) is 5.34. The highest BCUT2D eigenvalue weighted by atomic mass is 19.4. The Morgan fingerprint density at radius 1 is 1.25 bits per heavy atom. The number of ether oxygens (including phenoxy) is 1. The third-order valence-corrected chi connectivity index (χ3v) is 2.23. The van der Waals surface area contributed by atoms with Crippen LogP contribution in [0.4, 0.5) is 13.2 Å². The minimum absolute atomic E-state index is 0.0612. The van der Waals surface area contributed by atoms with Gasteiger partial charge in [0, 0.05) is 12.3 Å². The molecule has 5 nitrogen and oxygen atoms in total. The zero-order chi connectivity index (χ0) is 14.8. The highest BCUT2D eigenvalue weighted by Crippen LogP contribution is 2.32. The molecule has 0 aliphatic rings. The molecule has 2 N–H and O–H groups in total. The molecule has 8 heteroatoms. The Hall–Kier alpha value is -2.64. The smallest absolute Gasteiger partial charge is 0.416 e. The van der Waals surface area contributed by atoms with Crippen LogP contribution in [-0.4, -0.2) is 15.9 Å². The second-order valence-corrected chi connectivity index (χ2v) is 3.71. The number of rotatable bonds is 3. The molecular formula is C12H8F3N3O2. The zero-order valence-electron chi connectivity index (χ0n) is 9.89. The second kappa shape index (κ2) is 5.16. The number of alkyl halides is 3. The van der Waals surface area contributed by atoms with Crippen LogP contribution < -0.4 is 10.5 Å². The Bertz CT molecular complexity index is 644. The predicted molar refractivity (Wildman–Crippen MR) is 62.1 cm³/mol. The summed E-state index contributed by atoms with van der Waals surface area (Å²) >= 11 is 0. The Morgan fingerprint density at radius 3 is 2.65 bits per heavy atom. The van der Waals surface area contributed by atoms with Crippen molar-refractivity contribution in [1.82, 2.24) is 9.97 Å². The monoisotopic (exact) mass is 283 g/mol. The van der Waals surface area contributed by atoms with Gasteiger partial charge >= 0.3 is 6.18 Å². The topological polar surface area (TPSA) is 78.1 Å². The molecule has 0 unspecified atom stereocenters. The summed E-state index contributed by atoms with van der Waals surface area (Å²) in [6.45, 7) is 0. The summed E-state index contributed by atoms with van der Waals surface area (Å²) in [5, 5.41) is 0. The van der Waals surface area contributed by atoms with Gasteiger partial charge in [-0.2, -0.15) is 18.2 Å². The number of carbonyl (C=O) groups is 1. The quantitative estimate of drug-likeness (QED) is 0.938. The molecule has 1 aromatic carbocycles. The van der Waals surface area contributed by atoms with Gasteiger partial charge in [-0.05, 0) is 18.2 Å². The molecule has 0 aliphatic heterocycles. The van der Waals surface area contributed by atoms with Crippen LogP contribution in [-0.2, 0) is 6.18 Å². The van der Waals surface area contributed by atoms with Crippen molar-refractivity contribution < 1.29 is 22.7 Å². The van der Waals surface area contributed by atoms with E-state index in [0.717, 1.165) is 12.1 Å². The van der Waals surface area contributed by atoms with Gasteiger partial charge in [0.2, 0.25) is 11.7 Å². The summed E-state index contributed by atoms with van der Waals surface area (Å²) in [5.41, 5.74) is 4.14. The lowest BCUT2D eigenvalue weighted by atomic mass is 10.2. The number of benzene rings is 1. The third-order valence-electron chi connectivity index (χ3n) is 2.23. The van der Waals surface area contributed by atoms with E-state index in [4.69, 9.17) is 10.5 Å². The Labute approximate surface area is 111 Å². The first kappa shape index (κ1) is 13.8. The van der Waals surface area contributed by atoms with Crippen LogP contribution in [0.15, 0.2) is 36.5 Å². The fourth-order valence-electron chi connectivity index (χ4n) is 1.37. The number of hydrogen-bond acceptors (Lipinski definition) is 4. The maximum absolute atomic E-state index is 12.5. The number of carbonyl (C=O) groups excluding carboxylic acids is 1. The van der Waals surface area contributed by atoms with Crippen molar-refractivity contribution in [3.8, 4) is 11.6 Å². The van der Waals surface area contributed by atoms with E-state index in [1.54, 1.807) is 0 Å². The molecule has 0 aliphatic carbocycles. The number of nitrogens with two attached hydrogens (primary N) is 1. The van der Waals surface area contributed by atoms with Crippen LogP contribution >= 0.6 is 0 Å². The van der Waals surface area contributed by atoms with E-state index >= 15 is 0 Å². The molecule has 0 bridgehead atoms. The molecule has 104 valence electrons. The van der Waals surface area contributed by atoms with Gasteiger partial charge in [-0.15, -0.1) is 0 Å². The number of hydrogen-bond donors (Lipinski definition) is 1. The van der Waals surface area contributed by atoms with Crippen LogP contribution in [0.25, 0.3) is 0 Å². The van der Waals surface area contributed by atoms with Crippen molar-refractivity contribution in [3.63, 3.8) is 0 Å². The summed E-state index contributed by atoms with van der Waals surface area (Å²) in [4.78, 5) is 18.1. The van der Waals surface area contributed by atoms with Crippen LogP contribution in [0.2, 0.25) is 0 Å². The van der Waals surface area contributed by atoms with Gasteiger partial charge in [0.1, 0.15) is 5.75 Å². The molecule has 0 atom stereocenters. The van der Waals surface area contributed by atoms with Crippen molar-refractivity contribution in [3.05, 3.63) is 47.9 Å². The summed E-state index contributed by atoms with van der Waals surface area (Å²) < 4.78 is 42.7. The number of primary amides is 1. The summed E-state index contributed by atoms with van der Waals surface area (Å²) in [5.74, 6) is -1.28. The van der Waals surface area contributed by atoms with Gasteiger partial charge in [-0.25, -0.2) is 4.98 Å². The van der Waals surface area contributed by atoms with E-state index in [0.29, 0.717) is 0 Å². The fourth-order valence-corrected chi connectivity index (χ4v) is 1.37. The molecular weight excluding hydrogens is 275 g/mol. The minimum Gasteiger partial charge on any atom is -0.439 e. The molecule has 2 aromatic rings. The number of nitrogens with zero attached hydrogens (tertiary/aromatic N) is 2. The Balaban J connectivity index is 2.26. The number of halogens is 3. The third kappa shape index (κ3) is 3.22. The fraction of sp³-hybridized carbons (Fsp3) is 0.0833. The normalized spacial score (nSPS) is 11.2. The lowest BCUT2D eigenvalue weighted by Gasteiger charge is -2.09. The molecule has 2 rings (SSSR count). The number of amides is 1. The van der Waals surface area contributed by atoms with Gasteiger partial charge in [-0.1, -0.05) is 6.07 Å². The van der Waals surface area contributed by atoms with Gasteiger partial charge < -0.3 is 10.5 Å². The molecule has 1 heterocycles. The largest absolute Gasteiger partial charge is 0.439 e. The SMILES string of the molecule is NC(=O)c1nccc(Oc2cccc(C(F)(F)F)c2)n1. The predicted octanol–water partition coefficient (Wildman–Crippen LogP) is 2.39. The van der Waals surface area contributed by atoms with Crippen LogP contribution in [0.1, 0.15) is 16.2 Å². The molecule has 1 aromatic heterocycles. The molecule has 0 saturated carbocycles. The first-order chi connectivity index (χ1) is 9.36. The maximum Gasteiger partial charge on any atom is 0.416 e. The molecule has 0 fully saturated rings. The average Bonchev–Trinajstić information content (AvgIpc) is 2.38. The molecule has 20 heavy (non-hydrogen) atoms. The lowest BCUT2D eigenvalue weighted by molar-refractivity contribution is -0.137. The summed E-state index contributed by atoms with van der Waals surface area (Å²) in [7, 11) is 0. The molecule has 1 amide bonds. The van der Waals surface area contributed by atoms with Crippen LogP contribution in [0, 0.1) is 0 Å². The lowest BCUT2D eigenvalue weighted by Crippen LogP contribution is -2.15. The second-order valence-electron chi connectivity index (χ2n) is 3.71. The van der Waals surface area contributed by atoms with E-state index in [-0.39, 0.29) is 17.5 Å². The zero-order valence-corrected chi connectivity index (χ0v) is 9.89. The maximum atomic E-state index is 12.5. The van der Waals surface area contributed by atoms with E-state index in [9.17, 15) is 18.0 Å². The van der Waals surface area contributed by atoms with Gasteiger partial charge in [0.05, 0.1) is 5.56 Å². The Kier molecular flexibility index (Phi) is 3.55. The van der Waals surface area contributed by atoms with Gasteiger partial charge in [-0.3, -0.25) is 4.79 Å². The van der Waals surface area contributed by atoms with E-state index in [1.165, 1.54) is 24.4 Å². The van der Waals surface area contributed by atoms with Crippen LogP contribution in [0.5, 0.6) is 11.6 Å². The van der Waals surface area contributed by atoms with Gasteiger partial charge in [0.15, 0.2) is 0 Å². The summed E-state index contributed by atoms with van der Waals surface area (Å²) in [6, 6.07) is 5.58. The van der Waals surface area contributed by atoms with E-state index < -0.39 is 17.6 Å². The van der Waals surface area contributed by atoms with Crippen molar-refractivity contribution >= 4 is 5.91 Å². The van der Waals surface area contributed by atoms with Crippen molar-refractivity contribution in [2.45, 2.75) is 6.18 Å². The van der Waals surface area contributed by atoms with E-state index in [1.807, 2.05) is 0 Å². The van der Waals surface area contributed by atoms with Gasteiger partial charge in [0.25, 0.3) is 5.91 Å². The number of aromatic nitrogens is 2. The van der Waals surface area contributed by atoms with E-state index in [2.05, 4.69) is 9.97 Å². The minimum atomic E-state index is -4.47. The standard InChI is InChI=1S/C12H8F3N3O2/c13-12(14,15)7-2-1-3-8(6-7)20-9-4-5-17-11(18-9)10(16)19/h1-6H,(H2,16,19). The highest BCUT2D eigenvalue weighted by Gasteiger charge is 2.30. The molecule has 0 radical (unpaired) electrons. The van der Waals surface area contributed by atoms with Crippen molar-refractivity contribution in [2.24, 2.45) is 5.73 Å². The highest BCUT2D eigenvalue weighted by molar-refractivity contribution is 5.88. The summed E-state index contributed by atoms with van der Waals surface area (Å²) in [6.07, 6.45) is -3.25. The molecule has 0 saturated heterocycles. The molecule has 0 spiro atoms. The first-order valence-corrected chi connectivity index (χ1v) is 5.34. The Morgan fingerprint density at radius 2 is 2.00 bits per heavy atom. The average molecular weight is 283 g/mol. The van der Waals surface area contributed by atoms with Crippen molar-refractivity contribution in [1.29, 1.82) is 0 Å². The van der Waals surface area contributed by atoms with Crippen molar-refractivity contribution in [2.75, 3.05) is 0 Å². The van der Waals surface area contributed by atoms with Crippen LogP contribution in [0.3, 0.4) is 0 Å².